The molecule has 1 aromatic rings. The van der Waals surface area contributed by atoms with Crippen molar-refractivity contribution in [3.63, 3.8) is 0 Å². The van der Waals surface area contributed by atoms with E-state index in [0.29, 0.717) is 23.8 Å². The van der Waals surface area contributed by atoms with Gasteiger partial charge >= 0.3 is 0 Å². The lowest BCUT2D eigenvalue weighted by Gasteiger charge is -2.32. The third kappa shape index (κ3) is 6.42. The highest BCUT2D eigenvalue weighted by Gasteiger charge is 2.25. The minimum absolute atomic E-state index is 0. The summed E-state index contributed by atoms with van der Waals surface area (Å²) in [6.07, 6.45) is 4.99. The Bertz CT molecular complexity index is 596. The van der Waals surface area contributed by atoms with Crippen LogP contribution in [0.15, 0.2) is 24.3 Å². The number of rotatable bonds is 7. The summed E-state index contributed by atoms with van der Waals surface area (Å²) < 4.78 is 0. The number of carbonyl (C=O) groups is 2. The summed E-state index contributed by atoms with van der Waals surface area (Å²) >= 11 is 0. The number of piperidine rings is 1. The molecule has 1 saturated heterocycles. The molecule has 1 amide bonds. The Morgan fingerprint density at radius 3 is 2.52 bits per heavy atom. The van der Waals surface area contributed by atoms with Gasteiger partial charge in [0.1, 0.15) is 0 Å². The van der Waals surface area contributed by atoms with Crippen molar-refractivity contribution in [3.05, 3.63) is 29.8 Å². The molecule has 2 aliphatic rings. The molecule has 0 bridgehead atoms. The van der Waals surface area contributed by atoms with Gasteiger partial charge in [-0.25, -0.2) is 0 Å². The standard InChI is InChI=1S/C19H27N3O2.ClH/c1-14(23)16-3-2-4-18(11-16)21-19(24)13-22-9-7-17(8-10-22)20-12-15-5-6-15;/h2-4,11,15,17,20H,5-10,12-13H2,1H3,(H,21,24);1H. The topological polar surface area (TPSA) is 61.4 Å². The molecular formula is C19H28ClN3O2. The molecule has 2 N–H and O–H groups in total. The van der Waals surface area contributed by atoms with Gasteiger partial charge in [-0.1, -0.05) is 12.1 Å². The van der Waals surface area contributed by atoms with Gasteiger partial charge in [0.25, 0.3) is 0 Å². The van der Waals surface area contributed by atoms with Gasteiger partial charge in [0.15, 0.2) is 5.78 Å². The highest BCUT2D eigenvalue weighted by Crippen LogP contribution is 2.28. The number of likely N-dealkylation sites (tertiary alicyclic amines) is 1. The summed E-state index contributed by atoms with van der Waals surface area (Å²) in [5.41, 5.74) is 1.31. The van der Waals surface area contributed by atoms with Gasteiger partial charge in [-0.05, 0) is 57.2 Å². The minimum Gasteiger partial charge on any atom is -0.325 e. The Hall–Kier alpha value is -1.43. The summed E-state index contributed by atoms with van der Waals surface area (Å²) in [7, 11) is 0. The molecule has 0 radical (unpaired) electrons. The lowest BCUT2D eigenvalue weighted by Crippen LogP contribution is -2.45. The third-order valence-corrected chi connectivity index (χ3v) is 4.90. The summed E-state index contributed by atoms with van der Waals surface area (Å²) in [5.74, 6) is 0.909. The first-order chi connectivity index (χ1) is 11.6. The van der Waals surface area contributed by atoms with Crippen LogP contribution < -0.4 is 10.6 Å². The minimum atomic E-state index is -0.0138. The van der Waals surface area contributed by atoms with E-state index < -0.39 is 0 Å². The van der Waals surface area contributed by atoms with Gasteiger partial charge < -0.3 is 10.6 Å². The van der Waals surface area contributed by atoms with Crippen LogP contribution in [0.2, 0.25) is 0 Å². The van der Waals surface area contributed by atoms with E-state index in [2.05, 4.69) is 15.5 Å². The van der Waals surface area contributed by atoms with E-state index in [4.69, 9.17) is 0 Å². The zero-order chi connectivity index (χ0) is 16.9. The SMILES string of the molecule is CC(=O)c1cccc(NC(=O)CN2CCC(NCC3CC3)CC2)c1.Cl. The van der Waals surface area contributed by atoms with E-state index in [-0.39, 0.29) is 24.1 Å². The lowest BCUT2D eigenvalue weighted by atomic mass is 10.0. The number of ketones is 1. The number of halogens is 1. The van der Waals surface area contributed by atoms with Crippen molar-refractivity contribution < 1.29 is 9.59 Å². The smallest absolute Gasteiger partial charge is 0.238 e. The first kappa shape index (κ1) is 19.9. The Kier molecular flexibility index (Phi) is 7.41. The van der Waals surface area contributed by atoms with E-state index in [1.807, 2.05) is 6.07 Å². The maximum atomic E-state index is 12.2. The molecule has 6 heteroatoms. The molecule has 3 rings (SSSR count). The number of carbonyl (C=O) groups excluding carboxylic acids is 2. The second-order valence-corrected chi connectivity index (χ2v) is 7.09. The third-order valence-electron chi connectivity index (χ3n) is 4.90. The normalized spacial score (nSPS) is 18.4. The number of Topliss-reactive ketones (excluding diaryl/α,β-unsaturated/α-hetero) is 1. The Labute approximate surface area is 155 Å². The average Bonchev–Trinajstić information content (AvgIpc) is 3.39. The summed E-state index contributed by atoms with van der Waals surface area (Å²) in [6.45, 7) is 5.03. The van der Waals surface area contributed by atoms with Gasteiger partial charge in [-0.2, -0.15) is 0 Å². The molecular weight excluding hydrogens is 338 g/mol. The number of amides is 1. The molecule has 138 valence electrons. The Morgan fingerprint density at radius 1 is 1.16 bits per heavy atom. The van der Waals surface area contributed by atoms with E-state index in [9.17, 15) is 9.59 Å². The van der Waals surface area contributed by atoms with Gasteiger partial charge in [0, 0.05) is 30.4 Å². The number of benzene rings is 1. The number of hydrogen-bond donors (Lipinski definition) is 2. The molecule has 0 spiro atoms. The van der Waals surface area contributed by atoms with Gasteiger partial charge in [-0.15, -0.1) is 12.4 Å². The average molecular weight is 366 g/mol. The van der Waals surface area contributed by atoms with Crippen LogP contribution in [-0.2, 0) is 4.79 Å². The van der Waals surface area contributed by atoms with Gasteiger partial charge in [0.2, 0.25) is 5.91 Å². The van der Waals surface area contributed by atoms with Gasteiger partial charge in [0.05, 0.1) is 6.54 Å². The fourth-order valence-corrected chi connectivity index (χ4v) is 3.17. The number of nitrogens with one attached hydrogen (secondary N) is 2. The molecule has 5 nitrogen and oxygen atoms in total. The molecule has 2 fully saturated rings. The Balaban J connectivity index is 0.00000225. The predicted molar refractivity (Wildman–Crippen MR) is 103 cm³/mol. The number of anilines is 1. The number of hydrogen-bond acceptors (Lipinski definition) is 4. The van der Waals surface area contributed by atoms with Crippen LogP contribution in [0.4, 0.5) is 5.69 Å². The molecule has 1 heterocycles. The Morgan fingerprint density at radius 2 is 1.88 bits per heavy atom. The molecule has 1 aliphatic heterocycles. The van der Waals surface area contributed by atoms with Crippen LogP contribution in [0, 0.1) is 5.92 Å². The zero-order valence-corrected chi connectivity index (χ0v) is 15.6. The zero-order valence-electron chi connectivity index (χ0n) is 14.8. The molecule has 0 aromatic heterocycles. The van der Waals surface area contributed by atoms with Crippen LogP contribution in [0.25, 0.3) is 0 Å². The summed E-state index contributed by atoms with van der Waals surface area (Å²) in [6, 6.07) is 7.71. The van der Waals surface area contributed by atoms with E-state index >= 15 is 0 Å². The first-order valence-electron chi connectivity index (χ1n) is 8.97. The monoisotopic (exact) mass is 365 g/mol. The molecule has 0 atom stereocenters. The van der Waals surface area contributed by atoms with Crippen LogP contribution in [0.1, 0.15) is 43.0 Å². The van der Waals surface area contributed by atoms with E-state index in [0.717, 1.165) is 38.4 Å². The molecule has 0 unspecified atom stereocenters. The molecule has 1 aliphatic carbocycles. The van der Waals surface area contributed by atoms with Crippen molar-refractivity contribution in [2.24, 2.45) is 5.92 Å². The summed E-state index contributed by atoms with van der Waals surface area (Å²) in [4.78, 5) is 25.8. The van der Waals surface area contributed by atoms with E-state index in [1.165, 1.54) is 19.8 Å². The summed E-state index contributed by atoms with van der Waals surface area (Å²) in [5, 5.41) is 6.55. The number of nitrogens with zero attached hydrogens (tertiary/aromatic N) is 1. The maximum Gasteiger partial charge on any atom is 0.238 e. The molecule has 25 heavy (non-hydrogen) atoms. The van der Waals surface area contributed by atoms with Crippen molar-refractivity contribution in [2.45, 2.75) is 38.6 Å². The second-order valence-electron chi connectivity index (χ2n) is 7.09. The fraction of sp³-hybridized carbons (Fsp3) is 0.579. The largest absolute Gasteiger partial charge is 0.325 e. The van der Waals surface area contributed by atoms with Crippen LogP contribution in [0.3, 0.4) is 0 Å². The molecule has 1 saturated carbocycles. The van der Waals surface area contributed by atoms with Crippen LogP contribution in [0.5, 0.6) is 0 Å². The molecule has 1 aromatic carbocycles. The van der Waals surface area contributed by atoms with Crippen molar-refractivity contribution in [3.8, 4) is 0 Å². The maximum absolute atomic E-state index is 12.2. The second kappa shape index (κ2) is 9.32. The quantitative estimate of drug-likeness (QED) is 0.729. The lowest BCUT2D eigenvalue weighted by molar-refractivity contribution is -0.117. The highest BCUT2D eigenvalue weighted by atomic mass is 35.5. The van der Waals surface area contributed by atoms with Crippen molar-refractivity contribution in [1.29, 1.82) is 0 Å². The van der Waals surface area contributed by atoms with Crippen LogP contribution in [-0.4, -0.2) is 48.8 Å². The highest BCUT2D eigenvalue weighted by molar-refractivity contribution is 5.97. The van der Waals surface area contributed by atoms with Crippen molar-refractivity contribution >= 4 is 29.8 Å². The predicted octanol–water partition coefficient (Wildman–Crippen LogP) is 2.71. The first-order valence-corrected chi connectivity index (χ1v) is 8.97. The van der Waals surface area contributed by atoms with Crippen molar-refractivity contribution in [1.82, 2.24) is 10.2 Å². The van der Waals surface area contributed by atoms with Crippen LogP contribution >= 0.6 is 12.4 Å². The van der Waals surface area contributed by atoms with Crippen molar-refractivity contribution in [2.75, 3.05) is 31.5 Å². The fourth-order valence-electron chi connectivity index (χ4n) is 3.17. The van der Waals surface area contributed by atoms with E-state index in [1.54, 1.807) is 18.2 Å². The van der Waals surface area contributed by atoms with Gasteiger partial charge in [-0.3, -0.25) is 14.5 Å².